The molecule has 2 rings (SSSR count). The predicted octanol–water partition coefficient (Wildman–Crippen LogP) is 2.11. The van der Waals surface area contributed by atoms with Crippen LogP contribution in [0.4, 0.5) is 0 Å². The van der Waals surface area contributed by atoms with Gasteiger partial charge in [-0.1, -0.05) is 23.7 Å². The molecule has 0 aromatic heterocycles. The molecule has 1 fully saturated rings. The van der Waals surface area contributed by atoms with E-state index in [4.69, 9.17) is 11.6 Å². The van der Waals surface area contributed by atoms with Crippen molar-refractivity contribution in [2.24, 2.45) is 5.92 Å². The van der Waals surface area contributed by atoms with Crippen molar-refractivity contribution >= 4 is 28.3 Å². The molecule has 1 aromatic rings. The highest BCUT2D eigenvalue weighted by Crippen LogP contribution is 2.27. The molecule has 1 amide bonds. The summed E-state index contributed by atoms with van der Waals surface area (Å²) in [5.74, 6) is 0.967. The second kappa shape index (κ2) is 6.34. The SMILES string of the molecule is O=C(C[S@@](=O)Cc1cccc(Cl)c1)NCC1CC1. The number of carbonyl (C=O) groups excluding carboxylic acids is 1. The number of rotatable bonds is 6. The van der Waals surface area contributed by atoms with Crippen molar-refractivity contribution in [3.63, 3.8) is 0 Å². The first-order valence-corrected chi connectivity index (χ1v) is 7.86. The molecule has 1 saturated carbocycles. The molecule has 1 atom stereocenters. The van der Waals surface area contributed by atoms with Crippen LogP contribution in [0.1, 0.15) is 18.4 Å². The Labute approximate surface area is 114 Å². The molecular weight excluding hydrogens is 270 g/mol. The van der Waals surface area contributed by atoms with Gasteiger partial charge in [0.1, 0.15) is 5.75 Å². The summed E-state index contributed by atoms with van der Waals surface area (Å²) >= 11 is 5.85. The Morgan fingerprint density at radius 3 is 2.89 bits per heavy atom. The molecule has 1 aliphatic rings. The molecule has 1 N–H and O–H groups in total. The fraction of sp³-hybridized carbons (Fsp3) is 0.462. The van der Waals surface area contributed by atoms with Gasteiger partial charge in [0, 0.05) is 28.1 Å². The summed E-state index contributed by atoms with van der Waals surface area (Å²) in [6.45, 7) is 0.729. The number of benzene rings is 1. The Balaban J connectivity index is 1.75. The lowest BCUT2D eigenvalue weighted by Gasteiger charge is -2.05. The Bertz CT molecular complexity index is 460. The van der Waals surface area contributed by atoms with Crippen LogP contribution in [0.25, 0.3) is 0 Å². The molecule has 18 heavy (non-hydrogen) atoms. The molecule has 0 unspecified atom stereocenters. The normalized spacial score (nSPS) is 16.3. The van der Waals surface area contributed by atoms with E-state index in [1.165, 1.54) is 12.8 Å². The van der Waals surface area contributed by atoms with Gasteiger partial charge in [-0.05, 0) is 36.5 Å². The van der Waals surface area contributed by atoms with Crippen LogP contribution in [0.3, 0.4) is 0 Å². The van der Waals surface area contributed by atoms with E-state index in [1.54, 1.807) is 12.1 Å². The lowest BCUT2D eigenvalue weighted by molar-refractivity contribution is -0.118. The van der Waals surface area contributed by atoms with Gasteiger partial charge in [0.25, 0.3) is 0 Å². The van der Waals surface area contributed by atoms with Gasteiger partial charge in [-0.25, -0.2) is 0 Å². The van der Waals surface area contributed by atoms with Crippen molar-refractivity contribution in [3.05, 3.63) is 34.9 Å². The van der Waals surface area contributed by atoms with Crippen molar-refractivity contribution in [1.82, 2.24) is 5.32 Å². The highest BCUT2D eigenvalue weighted by Gasteiger charge is 2.21. The van der Waals surface area contributed by atoms with Crippen molar-refractivity contribution < 1.29 is 9.00 Å². The van der Waals surface area contributed by atoms with Crippen LogP contribution in [-0.2, 0) is 21.3 Å². The second-order valence-corrected chi connectivity index (χ2v) is 6.50. The van der Waals surface area contributed by atoms with Gasteiger partial charge in [0.05, 0.1) is 0 Å². The summed E-state index contributed by atoms with van der Waals surface area (Å²) in [6.07, 6.45) is 2.40. The number of amides is 1. The highest BCUT2D eigenvalue weighted by atomic mass is 35.5. The van der Waals surface area contributed by atoms with Gasteiger partial charge in [0.2, 0.25) is 5.91 Å². The largest absolute Gasteiger partial charge is 0.355 e. The van der Waals surface area contributed by atoms with Gasteiger partial charge in [-0.2, -0.15) is 0 Å². The van der Waals surface area contributed by atoms with Crippen molar-refractivity contribution in [2.45, 2.75) is 18.6 Å². The maximum Gasteiger partial charge on any atom is 0.232 e. The molecule has 0 spiro atoms. The summed E-state index contributed by atoms with van der Waals surface area (Å²) in [6, 6.07) is 7.24. The van der Waals surface area contributed by atoms with E-state index < -0.39 is 10.8 Å². The topological polar surface area (TPSA) is 46.2 Å². The van der Waals surface area contributed by atoms with Gasteiger partial charge >= 0.3 is 0 Å². The number of carbonyl (C=O) groups is 1. The summed E-state index contributed by atoms with van der Waals surface area (Å²) in [7, 11) is -1.17. The van der Waals surface area contributed by atoms with Crippen LogP contribution in [-0.4, -0.2) is 22.4 Å². The lowest BCUT2D eigenvalue weighted by Crippen LogP contribution is -2.30. The Morgan fingerprint density at radius 1 is 1.44 bits per heavy atom. The minimum atomic E-state index is -1.17. The van der Waals surface area contributed by atoms with E-state index >= 15 is 0 Å². The molecule has 1 aromatic carbocycles. The zero-order valence-electron chi connectivity index (χ0n) is 10.0. The average molecular weight is 286 g/mol. The summed E-state index contributed by atoms with van der Waals surface area (Å²) in [4.78, 5) is 11.5. The van der Waals surface area contributed by atoms with Crippen molar-refractivity contribution in [3.8, 4) is 0 Å². The first-order chi connectivity index (χ1) is 8.63. The monoisotopic (exact) mass is 285 g/mol. The molecule has 0 heterocycles. The van der Waals surface area contributed by atoms with Crippen molar-refractivity contribution in [2.75, 3.05) is 12.3 Å². The molecule has 0 saturated heterocycles. The summed E-state index contributed by atoms with van der Waals surface area (Å²) in [5.41, 5.74) is 0.899. The Hall–Kier alpha value is -0.870. The zero-order valence-corrected chi connectivity index (χ0v) is 11.6. The van der Waals surface area contributed by atoms with Crippen LogP contribution in [0.2, 0.25) is 5.02 Å². The quantitative estimate of drug-likeness (QED) is 0.870. The van der Waals surface area contributed by atoms with Gasteiger partial charge in [-0.15, -0.1) is 0 Å². The van der Waals surface area contributed by atoms with E-state index in [2.05, 4.69) is 5.32 Å². The molecule has 3 nitrogen and oxygen atoms in total. The van der Waals surface area contributed by atoms with Gasteiger partial charge < -0.3 is 5.32 Å². The molecule has 0 aliphatic heterocycles. The molecule has 5 heteroatoms. The fourth-order valence-electron chi connectivity index (χ4n) is 1.64. The van der Waals surface area contributed by atoms with E-state index in [0.29, 0.717) is 16.7 Å². The van der Waals surface area contributed by atoms with E-state index in [1.807, 2.05) is 12.1 Å². The zero-order chi connectivity index (χ0) is 13.0. The predicted molar refractivity (Wildman–Crippen MR) is 73.9 cm³/mol. The van der Waals surface area contributed by atoms with E-state index in [0.717, 1.165) is 12.1 Å². The first-order valence-electron chi connectivity index (χ1n) is 5.99. The van der Waals surface area contributed by atoms with Crippen LogP contribution < -0.4 is 5.32 Å². The van der Waals surface area contributed by atoms with Crippen LogP contribution >= 0.6 is 11.6 Å². The number of hydrogen-bond donors (Lipinski definition) is 1. The minimum absolute atomic E-state index is 0.0687. The summed E-state index contributed by atoms with van der Waals surface area (Å²) in [5, 5.41) is 3.44. The third-order valence-corrected chi connectivity index (χ3v) is 4.27. The first kappa shape index (κ1) is 13.6. The lowest BCUT2D eigenvalue weighted by atomic mass is 10.2. The fourth-order valence-corrected chi connectivity index (χ4v) is 2.90. The van der Waals surface area contributed by atoms with E-state index in [-0.39, 0.29) is 11.7 Å². The Morgan fingerprint density at radius 2 is 2.22 bits per heavy atom. The molecule has 1 aliphatic carbocycles. The Kier molecular flexibility index (Phi) is 4.78. The maximum atomic E-state index is 11.8. The number of nitrogens with one attached hydrogen (secondary N) is 1. The van der Waals surface area contributed by atoms with E-state index in [9.17, 15) is 9.00 Å². The van der Waals surface area contributed by atoms with Crippen LogP contribution in [0.5, 0.6) is 0 Å². The van der Waals surface area contributed by atoms with Gasteiger partial charge in [0.15, 0.2) is 0 Å². The van der Waals surface area contributed by atoms with Crippen LogP contribution in [0.15, 0.2) is 24.3 Å². The maximum absolute atomic E-state index is 11.8. The number of halogens is 1. The molecular formula is C13H16ClNO2S. The molecule has 0 radical (unpaired) electrons. The molecule has 98 valence electrons. The van der Waals surface area contributed by atoms with Gasteiger partial charge in [-0.3, -0.25) is 9.00 Å². The summed E-state index contributed by atoms with van der Waals surface area (Å²) < 4.78 is 11.8. The molecule has 0 bridgehead atoms. The third-order valence-electron chi connectivity index (χ3n) is 2.79. The van der Waals surface area contributed by atoms with Crippen LogP contribution in [0, 0.1) is 5.92 Å². The third kappa shape index (κ3) is 4.78. The highest BCUT2D eigenvalue weighted by molar-refractivity contribution is 7.84. The van der Waals surface area contributed by atoms with Crippen molar-refractivity contribution in [1.29, 1.82) is 0 Å². The minimum Gasteiger partial charge on any atom is -0.355 e. The standard InChI is InChI=1S/C13H16ClNO2S/c14-12-3-1-2-11(6-12)8-18(17)9-13(16)15-7-10-4-5-10/h1-3,6,10H,4-5,7-9H2,(H,15,16)/t18-/m0/s1. The average Bonchev–Trinajstić information content (AvgIpc) is 3.09. The number of hydrogen-bond acceptors (Lipinski definition) is 2. The second-order valence-electron chi connectivity index (χ2n) is 4.61. The smallest absolute Gasteiger partial charge is 0.232 e.